The lowest BCUT2D eigenvalue weighted by atomic mass is 10.1. The highest BCUT2D eigenvalue weighted by Gasteiger charge is 2.23. The Kier molecular flexibility index (Phi) is 4.01. The van der Waals surface area contributed by atoms with Crippen molar-refractivity contribution in [1.29, 1.82) is 0 Å². The normalized spacial score (nSPS) is 19.6. The average molecular weight is 289 g/mol. The second kappa shape index (κ2) is 6.09. The monoisotopic (exact) mass is 289 g/mol. The Balaban J connectivity index is 1.53. The van der Waals surface area contributed by atoms with Crippen LogP contribution in [0.3, 0.4) is 0 Å². The van der Waals surface area contributed by atoms with Gasteiger partial charge in [-0.2, -0.15) is 0 Å². The van der Waals surface area contributed by atoms with Crippen molar-refractivity contribution in [3.63, 3.8) is 0 Å². The minimum Gasteiger partial charge on any atom is -0.376 e. The van der Waals surface area contributed by atoms with E-state index in [2.05, 4.69) is 20.8 Å². The molecule has 0 spiro atoms. The number of rotatable bonds is 4. The molecule has 0 aromatic carbocycles. The molecule has 1 fully saturated rings. The number of nitrogens with one attached hydrogen (secondary N) is 2. The lowest BCUT2D eigenvalue weighted by Crippen LogP contribution is -2.45. The number of aromatic nitrogens is 3. The fourth-order valence-electron chi connectivity index (χ4n) is 2.52. The molecule has 3 heterocycles. The number of fused-ring (bicyclic) bond motifs is 1. The quantitative estimate of drug-likeness (QED) is 0.883. The van der Waals surface area contributed by atoms with Crippen LogP contribution in [0.2, 0.25) is 0 Å². The van der Waals surface area contributed by atoms with Crippen molar-refractivity contribution in [3.05, 3.63) is 30.2 Å². The fourth-order valence-corrected chi connectivity index (χ4v) is 2.52. The van der Waals surface area contributed by atoms with E-state index in [1.54, 1.807) is 0 Å². The van der Waals surface area contributed by atoms with Gasteiger partial charge in [-0.3, -0.25) is 4.40 Å². The van der Waals surface area contributed by atoms with Gasteiger partial charge in [-0.1, -0.05) is 6.07 Å². The van der Waals surface area contributed by atoms with Gasteiger partial charge in [-0.05, 0) is 31.9 Å². The molecule has 2 N–H and O–H groups in total. The second-order valence-corrected chi connectivity index (χ2v) is 5.21. The molecule has 2 aromatic heterocycles. The fraction of sp³-hybridized carbons (Fsp3) is 0.500. The largest absolute Gasteiger partial charge is 0.376 e. The summed E-state index contributed by atoms with van der Waals surface area (Å²) in [6.45, 7) is 3.07. The Labute approximate surface area is 122 Å². The van der Waals surface area contributed by atoms with Gasteiger partial charge in [0.25, 0.3) is 0 Å². The van der Waals surface area contributed by atoms with Crippen molar-refractivity contribution >= 4 is 11.7 Å². The number of hydrogen-bond acceptors (Lipinski definition) is 4. The number of pyridine rings is 1. The number of amides is 2. The first-order valence-electron chi connectivity index (χ1n) is 7.18. The van der Waals surface area contributed by atoms with E-state index in [-0.39, 0.29) is 18.2 Å². The zero-order valence-corrected chi connectivity index (χ0v) is 12.0. The SMILES string of the molecule is C[C@H](NC(=O)NCc1nnc2ccccn12)[C@@H]1CCCO1. The summed E-state index contributed by atoms with van der Waals surface area (Å²) in [5.41, 5.74) is 0.766. The van der Waals surface area contributed by atoms with Gasteiger partial charge in [0.05, 0.1) is 18.7 Å². The molecular formula is C14H19N5O2. The highest BCUT2D eigenvalue weighted by Crippen LogP contribution is 2.15. The van der Waals surface area contributed by atoms with Crippen molar-refractivity contribution in [3.8, 4) is 0 Å². The Hall–Kier alpha value is -2.15. The van der Waals surface area contributed by atoms with Crippen molar-refractivity contribution in [2.75, 3.05) is 6.61 Å². The van der Waals surface area contributed by atoms with E-state index in [0.717, 1.165) is 25.1 Å². The highest BCUT2D eigenvalue weighted by atomic mass is 16.5. The van der Waals surface area contributed by atoms with Gasteiger partial charge in [0.2, 0.25) is 0 Å². The zero-order valence-electron chi connectivity index (χ0n) is 12.0. The molecule has 7 heteroatoms. The summed E-state index contributed by atoms with van der Waals surface area (Å²) in [7, 11) is 0. The first kappa shape index (κ1) is 13.8. The Morgan fingerprint density at radius 1 is 1.52 bits per heavy atom. The van der Waals surface area contributed by atoms with Crippen LogP contribution in [0.15, 0.2) is 24.4 Å². The lowest BCUT2D eigenvalue weighted by molar-refractivity contribution is 0.0860. The summed E-state index contributed by atoms with van der Waals surface area (Å²) >= 11 is 0. The van der Waals surface area contributed by atoms with Crippen LogP contribution < -0.4 is 10.6 Å². The molecule has 1 saturated heterocycles. The van der Waals surface area contributed by atoms with E-state index in [0.29, 0.717) is 12.4 Å². The highest BCUT2D eigenvalue weighted by molar-refractivity contribution is 5.74. The van der Waals surface area contributed by atoms with Crippen molar-refractivity contribution < 1.29 is 9.53 Å². The van der Waals surface area contributed by atoms with Crippen LogP contribution in [-0.2, 0) is 11.3 Å². The first-order chi connectivity index (χ1) is 10.2. The van der Waals surface area contributed by atoms with E-state index in [1.165, 1.54) is 0 Å². The summed E-state index contributed by atoms with van der Waals surface area (Å²) in [6.07, 6.45) is 4.05. The smallest absolute Gasteiger partial charge is 0.315 e. The molecule has 112 valence electrons. The molecule has 0 bridgehead atoms. The number of ether oxygens (including phenoxy) is 1. The molecular weight excluding hydrogens is 270 g/mol. The van der Waals surface area contributed by atoms with Crippen molar-refractivity contribution in [1.82, 2.24) is 25.2 Å². The molecule has 0 aliphatic carbocycles. The van der Waals surface area contributed by atoms with E-state index in [4.69, 9.17) is 4.74 Å². The van der Waals surface area contributed by atoms with Crippen LogP contribution in [0.1, 0.15) is 25.6 Å². The van der Waals surface area contributed by atoms with E-state index >= 15 is 0 Å². The van der Waals surface area contributed by atoms with Crippen LogP contribution in [0.5, 0.6) is 0 Å². The average Bonchev–Trinajstić information content (AvgIpc) is 3.15. The van der Waals surface area contributed by atoms with Gasteiger partial charge in [-0.15, -0.1) is 10.2 Å². The van der Waals surface area contributed by atoms with Gasteiger partial charge in [0.1, 0.15) is 0 Å². The van der Waals surface area contributed by atoms with Gasteiger partial charge < -0.3 is 15.4 Å². The molecule has 0 radical (unpaired) electrons. The van der Waals surface area contributed by atoms with Crippen LogP contribution >= 0.6 is 0 Å². The van der Waals surface area contributed by atoms with Crippen molar-refractivity contribution in [2.24, 2.45) is 0 Å². The predicted molar refractivity (Wildman–Crippen MR) is 76.8 cm³/mol. The Morgan fingerprint density at radius 2 is 2.43 bits per heavy atom. The minimum atomic E-state index is -0.217. The van der Waals surface area contributed by atoms with Crippen molar-refractivity contribution in [2.45, 2.75) is 38.5 Å². The van der Waals surface area contributed by atoms with Crippen LogP contribution in [-0.4, -0.2) is 39.4 Å². The summed E-state index contributed by atoms with van der Waals surface area (Å²) in [6, 6.07) is 5.46. The second-order valence-electron chi connectivity index (χ2n) is 5.21. The molecule has 0 saturated carbocycles. The third kappa shape index (κ3) is 3.13. The third-order valence-corrected chi connectivity index (χ3v) is 3.67. The van der Waals surface area contributed by atoms with Gasteiger partial charge in [0, 0.05) is 12.8 Å². The first-order valence-corrected chi connectivity index (χ1v) is 7.18. The third-order valence-electron chi connectivity index (χ3n) is 3.67. The minimum absolute atomic E-state index is 0.00245. The molecule has 1 aliphatic rings. The molecule has 7 nitrogen and oxygen atoms in total. The molecule has 21 heavy (non-hydrogen) atoms. The molecule has 1 aliphatic heterocycles. The molecule has 2 aromatic rings. The summed E-state index contributed by atoms with van der Waals surface area (Å²) < 4.78 is 7.41. The van der Waals surface area contributed by atoms with Gasteiger partial charge in [-0.25, -0.2) is 4.79 Å². The van der Waals surface area contributed by atoms with E-state index in [1.807, 2.05) is 35.7 Å². The van der Waals surface area contributed by atoms with E-state index in [9.17, 15) is 4.79 Å². The van der Waals surface area contributed by atoms with Gasteiger partial charge >= 0.3 is 6.03 Å². The van der Waals surface area contributed by atoms with E-state index < -0.39 is 0 Å². The zero-order chi connectivity index (χ0) is 14.7. The number of hydrogen-bond donors (Lipinski definition) is 2. The number of carbonyl (C=O) groups is 1. The molecule has 2 atom stereocenters. The molecule has 0 unspecified atom stereocenters. The summed E-state index contributed by atoms with van der Waals surface area (Å²) in [4.78, 5) is 11.9. The van der Waals surface area contributed by atoms with Crippen LogP contribution in [0.4, 0.5) is 4.79 Å². The number of urea groups is 1. The Bertz CT molecular complexity index is 621. The number of carbonyl (C=O) groups excluding carboxylic acids is 1. The van der Waals surface area contributed by atoms with Crippen LogP contribution in [0, 0.1) is 0 Å². The Morgan fingerprint density at radius 3 is 3.24 bits per heavy atom. The van der Waals surface area contributed by atoms with Crippen LogP contribution in [0.25, 0.3) is 5.65 Å². The lowest BCUT2D eigenvalue weighted by Gasteiger charge is -2.20. The number of nitrogens with zero attached hydrogens (tertiary/aromatic N) is 3. The standard InChI is InChI=1S/C14H19N5O2/c1-10(11-5-4-8-21-11)16-14(20)15-9-13-18-17-12-6-2-3-7-19(12)13/h2-3,6-7,10-11H,4-5,8-9H2,1H3,(H2,15,16,20)/t10-,11-/m0/s1. The summed E-state index contributed by atoms with van der Waals surface area (Å²) in [5, 5.41) is 13.8. The maximum absolute atomic E-state index is 11.9. The maximum Gasteiger partial charge on any atom is 0.315 e. The van der Waals surface area contributed by atoms with Gasteiger partial charge in [0.15, 0.2) is 11.5 Å². The summed E-state index contributed by atoms with van der Waals surface area (Å²) in [5.74, 6) is 0.700. The topological polar surface area (TPSA) is 80.5 Å². The maximum atomic E-state index is 11.9. The molecule has 3 rings (SSSR count). The predicted octanol–water partition coefficient (Wildman–Crippen LogP) is 1.10. The molecule has 2 amide bonds.